The number of methoxy groups -OCH3 is 1. The van der Waals surface area contributed by atoms with E-state index in [1.807, 2.05) is 6.07 Å². The van der Waals surface area contributed by atoms with Gasteiger partial charge in [-0.2, -0.15) is 0 Å². The van der Waals surface area contributed by atoms with E-state index in [1.54, 1.807) is 7.11 Å². The number of para-hydroxylation sites is 2. The predicted octanol–water partition coefficient (Wildman–Crippen LogP) is 3.58. The smallest absolute Gasteiger partial charge is 0.170 e. The molecule has 8 heteroatoms. The third-order valence-corrected chi connectivity index (χ3v) is 8.69. The zero-order valence-corrected chi connectivity index (χ0v) is 23.3. The summed E-state index contributed by atoms with van der Waals surface area (Å²) in [6.45, 7) is 8.97. The Labute approximate surface area is 227 Å². The third-order valence-electron chi connectivity index (χ3n) is 8.44. The highest BCUT2D eigenvalue weighted by molar-refractivity contribution is 7.80. The van der Waals surface area contributed by atoms with E-state index in [0.29, 0.717) is 11.2 Å². The molecule has 4 fully saturated rings. The summed E-state index contributed by atoms with van der Waals surface area (Å²) < 4.78 is 5.59. The molecular formula is C29H42N6OS. The van der Waals surface area contributed by atoms with E-state index in [4.69, 9.17) is 17.0 Å². The van der Waals surface area contributed by atoms with Crippen molar-refractivity contribution in [1.29, 1.82) is 0 Å². The summed E-state index contributed by atoms with van der Waals surface area (Å²) in [5, 5.41) is 7.55. The van der Waals surface area contributed by atoms with Gasteiger partial charge >= 0.3 is 0 Å². The molecule has 0 aromatic heterocycles. The van der Waals surface area contributed by atoms with E-state index in [-0.39, 0.29) is 0 Å². The fraction of sp³-hybridized carbons (Fsp3) is 0.552. The topological polar surface area (TPSA) is 46.3 Å². The van der Waals surface area contributed by atoms with E-state index in [0.717, 1.165) is 56.0 Å². The number of thiocarbonyl (C=S) groups is 1. The Morgan fingerprint density at radius 2 is 1.78 bits per heavy atom. The summed E-state index contributed by atoms with van der Waals surface area (Å²) in [6, 6.07) is 17.3. The van der Waals surface area contributed by atoms with E-state index in [1.165, 1.54) is 43.9 Å². The number of hydrogen-bond acceptors (Lipinski definition) is 6. The number of ether oxygens (including phenoxy) is 1. The molecule has 37 heavy (non-hydrogen) atoms. The molecule has 0 amide bonds. The van der Waals surface area contributed by atoms with Crippen molar-refractivity contribution in [1.82, 2.24) is 15.1 Å². The Hall–Kier alpha value is -2.55. The van der Waals surface area contributed by atoms with Crippen LogP contribution in [0.1, 0.15) is 12.8 Å². The number of rotatable bonds is 8. The van der Waals surface area contributed by atoms with Gasteiger partial charge in [-0.25, -0.2) is 0 Å². The maximum absolute atomic E-state index is 5.60. The van der Waals surface area contributed by atoms with Gasteiger partial charge in [-0.1, -0.05) is 12.1 Å². The van der Waals surface area contributed by atoms with Crippen LogP contribution in [0, 0.1) is 11.8 Å². The molecule has 0 spiro atoms. The number of benzene rings is 2. The van der Waals surface area contributed by atoms with Crippen molar-refractivity contribution in [3.63, 3.8) is 0 Å². The van der Waals surface area contributed by atoms with Crippen LogP contribution in [0.5, 0.6) is 5.75 Å². The Bertz CT molecular complexity index is 1040. The molecule has 0 radical (unpaired) electrons. The Morgan fingerprint density at radius 3 is 2.46 bits per heavy atom. The second-order valence-electron chi connectivity index (χ2n) is 10.9. The molecule has 4 atom stereocenters. The summed E-state index contributed by atoms with van der Waals surface area (Å²) in [5.74, 6) is 2.58. The average molecular weight is 523 g/mol. The fourth-order valence-electron chi connectivity index (χ4n) is 6.29. The molecule has 4 aliphatic rings. The minimum Gasteiger partial charge on any atom is -0.495 e. The molecule has 2 bridgehead atoms. The van der Waals surface area contributed by atoms with Gasteiger partial charge in [-0.05, 0) is 79.8 Å². The Balaban J connectivity index is 1.05. The van der Waals surface area contributed by atoms with Crippen molar-refractivity contribution in [3.8, 4) is 5.75 Å². The second kappa shape index (κ2) is 11.9. The van der Waals surface area contributed by atoms with Gasteiger partial charge in [0.25, 0.3) is 0 Å². The van der Waals surface area contributed by atoms with E-state index in [9.17, 15) is 0 Å². The van der Waals surface area contributed by atoms with E-state index in [2.05, 4.69) is 86.8 Å². The van der Waals surface area contributed by atoms with Crippen LogP contribution < -0.4 is 25.2 Å². The standard InChI is InChI=1S/C29H42N6OS/c1-32(2)25-10-8-24(9-11-25)31-29(37)30-19-26-18-22-12-13-35(26)21-23(22)20-33-14-16-34(17-15-33)27-6-4-5-7-28(27)36-3/h4-11,22-23,26H,12-21H2,1-3H3,(H2,30,31,37)/t22-,23+,26-/m1/s1. The number of fused-ring (bicyclic) bond motifs is 3. The minimum absolute atomic E-state index is 0.577. The summed E-state index contributed by atoms with van der Waals surface area (Å²) in [6.07, 6.45) is 2.61. The van der Waals surface area contributed by atoms with Gasteiger partial charge in [0.1, 0.15) is 5.75 Å². The van der Waals surface area contributed by atoms with Gasteiger partial charge in [0.15, 0.2) is 5.11 Å². The molecule has 6 rings (SSSR count). The van der Waals surface area contributed by atoms with Crippen LogP contribution in [-0.2, 0) is 0 Å². The summed E-state index contributed by atoms with van der Waals surface area (Å²) in [7, 11) is 5.87. The molecule has 7 nitrogen and oxygen atoms in total. The van der Waals surface area contributed by atoms with E-state index < -0.39 is 0 Å². The van der Waals surface area contributed by atoms with Crippen LogP contribution in [-0.4, -0.2) is 94.5 Å². The molecule has 2 N–H and O–H groups in total. The molecule has 4 heterocycles. The lowest BCUT2D eigenvalue weighted by Gasteiger charge is -2.51. The van der Waals surface area contributed by atoms with Crippen molar-refractivity contribution < 1.29 is 4.74 Å². The van der Waals surface area contributed by atoms with Gasteiger partial charge in [0, 0.05) is 77.3 Å². The molecule has 200 valence electrons. The van der Waals surface area contributed by atoms with Gasteiger partial charge in [-0.3, -0.25) is 9.80 Å². The van der Waals surface area contributed by atoms with Crippen molar-refractivity contribution in [2.75, 3.05) is 88.7 Å². The van der Waals surface area contributed by atoms with Gasteiger partial charge in [0.2, 0.25) is 0 Å². The monoisotopic (exact) mass is 522 g/mol. The highest BCUT2D eigenvalue weighted by atomic mass is 32.1. The lowest BCUT2D eigenvalue weighted by molar-refractivity contribution is -0.0110. The number of piperidine rings is 3. The zero-order valence-electron chi connectivity index (χ0n) is 22.5. The van der Waals surface area contributed by atoms with Crippen molar-refractivity contribution >= 4 is 34.4 Å². The van der Waals surface area contributed by atoms with Crippen LogP contribution in [0.15, 0.2) is 48.5 Å². The maximum Gasteiger partial charge on any atom is 0.170 e. The Kier molecular flexibility index (Phi) is 8.37. The lowest BCUT2D eigenvalue weighted by atomic mass is 9.75. The molecule has 0 aliphatic carbocycles. The van der Waals surface area contributed by atoms with Gasteiger partial charge < -0.3 is 25.2 Å². The minimum atomic E-state index is 0.577. The lowest BCUT2D eigenvalue weighted by Crippen LogP contribution is -2.59. The first-order chi connectivity index (χ1) is 18.0. The van der Waals surface area contributed by atoms with Crippen LogP contribution in [0.25, 0.3) is 0 Å². The summed E-state index contributed by atoms with van der Waals surface area (Å²) >= 11 is 5.60. The first kappa shape index (κ1) is 26.1. The SMILES string of the molecule is COc1ccccc1N1CCN(C[C@H]2CN3CC[C@@H]2C[C@@H]3CNC(=S)Nc2ccc(N(C)C)cc2)CC1. The van der Waals surface area contributed by atoms with Crippen molar-refractivity contribution in [3.05, 3.63) is 48.5 Å². The zero-order chi connectivity index (χ0) is 25.8. The van der Waals surface area contributed by atoms with Crippen LogP contribution in [0.3, 0.4) is 0 Å². The third kappa shape index (κ3) is 6.30. The van der Waals surface area contributed by atoms with Crippen molar-refractivity contribution in [2.45, 2.75) is 18.9 Å². The average Bonchev–Trinajstić information content (AvgIpc) is 2.93. The Morgan fingerprint density at radius 1 is 1.03 bits per heavy atom. The van der Waals surface area contributed by atoms with Gasteiger partial charge in [-0.15, -0.1) is 0 Å². The number of nitrogens with one attached hydrogen (secondary N) is 2. The van der Waals surface area contributed by atoms with Crippen LogP contribution in [0.2, 0.25) is 0 Å². The molecule has 1 unspecified atom stereocenters. The molecule has 4 saturated heterocycles. The summed E-state index contributed by atoms with van der Waals surface area (Å²) in [5.41, 5.74) is 3.43. The highest BCUT2D eigenvalue weighted by Gasteiger charge is 2.40. The normalized spacial score (nSPS) is 25.5. The molecule has 4 aliphatic heterocycles. The first-order valence-electron chi connectivity index (χ1n) is 13.7. The molecular weight excluding hydrogens is 480 g/mol. The van der Waals surface area contributed by atoms with E-state index >= 15 is 0 Å². The van der Waals surface area contributed by atoms with Crippen LogP contribution >= 0.6 is 12.2 Å². The fourth-order valence-corrected chi connectivity index (χ4v) is 6.49. The molecule has 2 aromatic carbocycles. The predicted molar refractivity (Wildman–Crippen MR) is 158 cm³/mol. The number of anilines is 3. The highest BCUT2D eigenvalue weighted by Crippen LogP contribution is 2.37. The van der Waals surface area contributed by atoms with Crippen molar-refractivity contribution in [2.24, 2.45) is 11.8 Å². The first-order valence-corrected chi connectivity index (χ1v) is 14.1. The number of piperazine rings is 1. The largest absolute Gasteiger partial charge is 0.495 e. The number of nitrogens with zero attached hydrogens (tertiary/aromatic N) is 4. The summed E-state index contributed by atoms with van der Waals surface area (Å²) in [4.78, 5) is 9.97. The molecule has 0 saturated carbocycles. The van der Waals surface area contributed by atoms with Crippen LogP contribution in [0.4, 0.5) is 17.1 Å². The molecule has 2 aromatic rings. The quantitative estimate of drug-likeness (QED) is 0.511. The maximum atomic E-state index is 5.60. The van der Waals surface area contributed by atoms with Gasteiger partial charge in [0.05, 0.1) is 12.8 Å². The number of hydrogen-bond donors (Lipinski definition) is 2. The second-order valence-corrected chi connectivity index (χ2v) is 11.3.